The van der Waals surface area contributed by atoms with E-state index >= 15 is 0 Å². The van der Waals surface area contributed by atoms with Crippen molar-refractivity contribution in [2.45, 2.75) is 37.8 Å². The quantitative estimate of drug-likeness (QED) is 0.764. The lowest BCUT2D eigenvalue weighted by Gasteiger charge is -2.43. The second kappa shape index (κ2) is 6.37. The zero-order valence-corrected chi connectivity index (χ0v) is 14.9. The Morgan fingerprint density at radius 2 is 1.96 bits per heavy atom. The van der Waals surface area contributed by atoms with Crippen LogP contribution in [0.5, 0.6) is 0 Å². The number of sulfone groups is 1. The molecule has 0 unspecified atom stereocenters. The summed E-state index contributed by atoms with van der Waals surface area (Å²) in [6.45, 7) is 1.40. The first-order valence-electron chi connectivity index (χ1n) is 8.84. The number of rotatable bonds is 3. The number of hydrogen-bond acceptors (Lipinski definition) is 7. The number of aryl methyl sites for hydroxylation is 1. The summed E-state index contributed by atoms with van der Waals surface area (Å²) in [6.07, 6.45) is 3.68. The third-order valence-corrected chi connectivity index (χ3v) is 7.29. The van der Waals surface area contributed by atoms with E-state index in [1.54, 1.807) is 4.90 Å². The Balaban J connectivity index is 1.62. The number of hydrogen-bond donors (Lipinski definition) is 1. The van der Waals surface area contributed by atoms with Gasteiger partial charge in [-0.25, -0.2) is 8.42 Å². The first kappa shape index (κ1) is 17.0. The van der Waals surface area contributed by atoms with Crippen molar-refractivity contribution < 1.29 is 22.8 Å². The van der Waals surface area contributed by atoms with Crippen molar-refractivity contribution in [3.05, 3.63) is 17.0 Å². The maximum atomic E-state index is 13.1. The molecule has 8 nitrogen and oxygen atoms in total. The molecule has 4 rings (SSSR count). The molecule has 1 amide bonds. The molecule has 1 aliphatic carbocycles. The molecule has 0 saturated carbocycles. The molecule has 1 aromatic rings. The van der Waals surface area contributed by atoms with E-state index in [9.17, 15) is 18.3 Å². The molecule has 138 valence electrons. The number of aliphatic hydroxyl groups excluding tert-OH is 1. The highest BCUT2D eigenvalue weighted by molar-refractivity contribution is 7.91. The van der Waals surface area contributed by atoms with Gasteiger partial charge in [-0.3, -0.25) is 9.69 Å². The molecule has 3 heterocycles. The van der Waals surface area contributed by atoms with Gasteiger partial charge in [-0.2, -0.15) is 0 Å². The summed E-state index contributed by atoms with van der Waals surface area (Å²) in [6, 6.07) is -0.643. The molecule has 0 radical (unpaired) electrons. The Labute approximate surface area is 146 Å². The molecule has 1 aromatic heterocycles. The van der Waals surface area contributed by atoms with Crippen LogP contribution >= 0.6 is 0 Å². The first-order chi connectivity index (χ1) is 12.0. The van der Waals surface area contributed by atoms with E-state index in [1.807, 2.05) is 4.90 Å². The zero-order valence-electron chi connectivity index (χ0n) is 14.1. The van der Waals surface area contributed by atoms with E-state index in [0.29, 0.717) is 19.6 Å². The highest BCUT2D eigenvalue weighted by Gasteiger charge is 2.48. The highest BCUT2D eigenvalue weighted by atomic mass is 32.2. The number of nitrogens with zero attached hydrogens (tertiary/aromatic N) is 3. The van der Waals surface area contributed by atoms with E-state index in [0.717, 1.165) is 36.9 Å². The Kier molecular flexibility index (Phi) is 4.33. The molecule has 2 aliphatic heterocycles. The van der Waals surface area contributed by atoms with Gasteiger partial charge in [0.05, 0.1) is 29.8 Å². The van der Waals surface area contributed by atoms with E-state index in [4.69, 9.17) is 4.52 Å². The monoisotopic (exact) mass is 369 g/mol. The zero-order chi connectivity index (χ0) is 17.6. The van der Waals surface area contributed by atoms with Crippen molar-refractivity contribution in [3.8, 4) is 0 Å². The molecular formula is C16H23N3O5S. The van der Waals surface area contributed by atoms with Gasteiger partial charge in [0.2, 0.25) is 5.76 Å². The number of fused-ring (bicyclic) bond motifs is 2. The minimum Gasteiger partial charge on any atom is -0.395 e. The molecule has 2 atom stereocenters. The fraction of sp³-hybridized carbons (Fsp3) is 0.750. The smallest absolute Gasteiger partial charge is 0.293 e. The van der Waals surface area contributed by atoms with Gasteiger partial charge >= 0.3 is 0 Å². The van der Waals surface area contributed by atoms with Crippen molar-refractivity contribution in [2.75, 3.05) is 37.7 Å². The van der Waals surface area contributed by atoms with E-state index in [-0.39, 0.29) is 41.9 Å². The second-order valence-corrected chi connectivity index (χ2v) is 9.27. The number of carbonyl (C=O) groups is 1. The Morgan fingerprint density at radius 1 is 1.20 bits per heavy atom. The minimum absolute atomic E-state index is 0.0210. The molecule has 0 bridgehead atoms. The lowest BCUT2D eigenvalue weighted by atomic mass is 9.95. The van der Waals surface area contributed by atoms with Crippen molar-refractivity contribution in [2.24, 2.45) is 0 Å². The number of amides is 1. The molecular weight excluding hydrogens is 346 g/mol. The van der Waals surface area contributed by atoms with E-state index in [2.05, 4.69) is 5.16 Å². The fourth-order valence-corrected chi connectivity index (χ4v) is 6.38. The topological polar surface area (TPSA) is 104 Å². The molecule has 1 N–H and O–H groups in total. The molecule has 25 heavy (non-hydrogen) atoms. The third-order valence-electron chi connectivity index (χ3n) is 5.59. The van der Waals surface area contributed by atoms with Crippen LogP contribution in [-0.4, -0.2) is 84.2 Å². The fourth-order valence-electron chi connectivity index (χ4n) is 4.37. The third kappa shape index (κ3) is 2.98. The van der Waals surface area contributed by atoms with Crippen LogP contribution in [0.3, 0.4) is 0 Å². The standard InChI is InChI=1S/C16H23N3O5S/c20-8-7-18-5-6-19(14-10-25(22,23)9-13(14)18)16(21)15-11-3-1-2-4-12(11)17-24-15/h13-14,20H,1-10H2/t13-,14+/m1/s1. The number of β-amino-alcohol motifs (C(OH)–C–C–N with tert-alkyl or cyclic N) is 1. The summed E-state index contributed by atoms with van der Waals surface area (Å²) >= 11 is 0. The summed E-state index contributed by atoms with van der Waals surface area (Å²) in [5, 5.41) is 13.3. The van der Waals surface area contributed by atoms with Gasteiger partial charge in [-0.05, 0) is 25.7 Å². The maximum absolute atomic E-state index is 13.1. The molecule has 9 heteroatoms. The SMILES string of the molecule is O=C(c1onc2c1CCCC2)N1CCN(CCO)[C@@H]2CS(=O)(=O)C[C@@H]21. The Bertz CT molecular complexity index is 775. The van der Waals surface area contributed by atoms with Crippen LogP contribution in [0.15, 0.2) is 4.52 Å². The van der Waals surface area contributed by atoms with Gasteiger partial charge in [-0.1, -0.05) is 5.16 Å². The summed E-state index contributed by atoms with van der Waals surface area (Å²) in [5.74, 6) is 0.0530. The van der Waals surface area contributed by atoms with Gasteiger partial charge < -0.3 is 14.5 Å². The minimum atomic E-state index is -3.20. The van der Waals surface area contributed by atoms with Crippen LogP contribution in [0.25, 0.3) is 0 Å². The predicted molar refractivity (Wildman–Crippen MR) is 89.1 cm³/mol. The molecule has 0 spiro atoms. The van der Waals surface area contributed by atoms with Crippen molar-refractivity contribution >= 4 is 15.7 Å². The van der Waals surface area contributed by atoms with Gasteiger partial charge in [0.25, 0.3) is 5.91 Å². The normalized spacial score (nSPS) is 28.6. The van der Waals surface area contributed by atoms with Crippen LogP contribution in [0.1, 0.15) is 34.7 Å². The summed E-state index contributed by atoms with van der Waals surface area (Å²) in [4.78, 5) is 16.7. The Hall–Kier alpha value is -1.45. The maximum Gasteiger partial charge on any atom is 0.293 e. The van der Waals surface area contributed by atoms with E-state index < -0.39 is 9.84 Å². The first-order valence-corrected chi connectivity index (χ1v) is 10.7. The number of piperazine rings is 1. The van der Waals surface area contributed by atoms with Crippen molar-refractivity contribution in [1.29, 1.82) is 0 Å². The largest absolute Gasteiger partial charge is 0.395 e. The van der Waals surface area contributed by atoms with E-state index in [1.165, 1.54) is 0 Å². The lowest BCUT2D eigenvalue weighted by Crippen LogP contribution is -2.61. The average molecular weight is 369 g/mol. The van der Waals surface area contributed by atoms with Gasteiger partial charge in [0.15, 0.2) is 9.84 Å². The Morgan fingerprint density at radius 3 is 2.76 bits per heavy atom. The van der Waals surface area contributed by atoms with Gasteiger partial charge in [-0.15, -0.1) is 0 Å². The summed E-state index contributed by atoms with van der Waals surface area (Å²) in [5.41, 5.74) is 1.76. The molecule has 3 aliphatic rings. The number of carbonyl (C=O) groups excluding carboxylic acids is 1. The summed E-state index contributed by atoms with van der Waals surface area (Å²) in [7, 11) is -3.20. The summed E-state index contributed by atoms with van der Waals surface area (Å²) < 4.78 is 29.7. The molecule has 2 fully saturated rings. The van der Waals surface area contributed by atoms with Gasteiger partial charge in [0.1, 0.15) is 0 Å². The number of aliphatic hydroxyl groups is 1. The predicted octanol–water partition coefficient (Wildman–Crippen LogP) is -0.531. The van der Waals surface area contributed by atoms with Crippen LogP contribution in [-0.2, 0) is 22.7 Å². The van der Waals surface area contributed by atoms with Crippen molar-refractivity contribution in [3.63, 3.8) is 0 Å². The molecule has 2 saturated heterocycles. The van der Waals surface area contributed by atoms with Crippen LogP contribution in [0.2, 0.25) is 0 Å². The van der Waals surface area contributed by atoms with Crippen LogP contribution in [0, 0.1) is 0 Å². The highest BCUT2D eigenvalue weighted by Crippen LogP contribution is 2.30. The lowest BCUT2D eigenvalue weighted by molar-refractivity contribution is 0.0252. The van der Waals surface area contributed by atoms with Gasteiger partial charge in [0, 0.05) is 31.2 Å². The van der Waals surface area contributed by atoms with Crippen molar-refractivity contribution in [1.82, 2.24) is 15.0 Å². The second-order valence-electron chi connectivity index (χ2n) is 7.11. The van der Waals surface area contributed by atoms with Crippen LogP contribution in [0.4, 0.5) is 0 Å². The average Bonchev–Trinajstić information content (AvgIpc) is 3.15. The number of aromatic nitrogens is 1. The molecule has 0 aromatic carbocycles. The van der Waals surface area contributed by atoms with Crippen LogP contribution < -0.4 is 0 Å².